The molecule has 3 heteroatoms. The van der Waals surface area contributed by atoms with Gasteiger partial charge in [-0.1, -0.05) is 36.4 Å². The molecule has 1 aromatic heterocycles. The molecule has 16 heavy (non-hydrogen) atoms. The molecule has 2 rings (SSSR count). The summed E-state index contributed by atoms with van der Waals surface area (Å²) < 4.78 is 0. The number of nitrogens with zero attached hydrogens (tertiary/aromatic N) is 2. The molecule has 0 aliphatic rings. The van der Waals surface area contributed by atoms with Gasteiger partial charge < -0.3 is 5.73 Å². The molecule has 0 aliphatic carbocycles. The van der Waals surface area contributed by atoms with Crippen LogP contribution in [0.5, 0.6) is 0 Å². The second-order valence-electron chi connectivity index (χ2n) is 3.44. The van der Waals surface area contributed by atoms with E-state index in [0.29, 0.717) is 12.2 Å². The molecular formula is C13H11N3. The van der Waals surface area contributed by atoms with Crippen LogP contribution in [0.3, 0.4) is 0 Å². The Kier molecular flexibility index (Phi) is 2.84. The first-order valence-corrected chi connectivity index (χ1v) is 4.99. The molecule has 0 saturated heterocycles. The van der Waals surface area contributed by atoms with Gasteiger partial charge in [-0.05, 0) is 6.07 Å². The Morgan fingerprint density at radius 3 is 2.50 bits per heavy atom. The molecule has 0 amide bonds. The highest BCUT2D eigenvalue weighted by Crippen LogP contribution is 2.19. The zero-order valence-corrected chi connectivity index (χ0v) is 8.72. The molecule has 1 aromatic carbocycles. The summed E-state index contributed by atoms with van der Waals surface area (Å²) in [5.41, 5.74) is 8.42. The van der Waals surface area contributed by atoms with Crippen molar-refractivity contribution in [2.24, 2.45) is 0 Å². The van der Waals surface area contributed by atoms with Crippen LogP contribution in [-0.4, -0.2) is 4.98 Å². The molecule has 2 N–H and O–H groups in total. The predicted octanol–water partition coefficient (Wildman–Crippen LogP) is 2.40. The fraction of sp³-hybridized carbons (Fsp3) is 0.0769. The number of nitrogens with two attached hydrogens (primary N) is 1. The number of pyridine rings is 1. The summed E-state index contributed by atoms with van der Waals surface area (Å²) in [6.07, 6.45) is 0.300. The minimum absolute atomic E-state index is 0.300. The van der Waals surface area contributed by atoms with E-state index in [1.54, 1.807) is 0 Å². The average molecular weight is 209 g/mol. The van der Waals surface area contributed by atoms with Gasteiger partial charge in [-0.15, -0.1) is 0 Å². The van der Waals surface area contributed by atoms with Gasteiger partial charge in [-0.3, -0.25) is 0 Å². The Morgan fingerprint density at radius 2 is 1.88 bits per heavy atom. The zero-order valence-electron chi connectivity index (χ0n) is 8.72. The molecule has 78 valence electrons. The highest BCUT2D eigenvalue weighted by molar-refractivity contribution is 5.62. The monoisotopic (exact) mass is 209 g/mol. The normalized spacial score (nSPS) is 9.69. The quantitative estimate of drug-likeness (QED) is 0.826. The third-order valence-electron chi connectivity index (χ3n) is 2.35. The maximum Gasteiger partial charge on any atom is 0.128 e. The molecule has 0 spiro atoms. The smallest absolute Gasteiger partial charge is 0.128 e. The highest BCUT2D eigenvalue weighted by atomic mass is 14.8. The van der Waals surface area contributed by atoms with Crippen molar-refractivity contribution in [2.45, 2.75) is 6.42 Å². The lowest BCUT2D eigenvalue weighted by Crippen LogP contribution is -1.98. The van der Waals surface area contributed by atoms with E-state index in [1.165, 1.54) is 0 Å². The van der Waals surface area contributed by atoms with Gasteiger partial charge in [0, 0.05) is 11.1 Å². The molecule has 0 bridgehead atoms. The maximum absolute atomic E-state index is 8.60. The van der Waals surface area contributed by atoms with Gasteiger partial charge >= 0.3 is 0 Å². The molecule has 3 nitrogen and oxygen atoms in total. The highest BCUT2D eigenvalue weighted by Gasteiger charge is 2.03. The first kappa shape index (κ1) is 10.2. The molecular weight excluding hydrogens is 198 g/mol. The van der Waals surface area contributed by atoms with E-state index in [4.69, 9.17) is 11.0 Å². The van der Waals surface area contributed by atoms with Crippen molar-refractivity contribution in [3.63, 3.8) is 0 Å². The molecule has 0 unspecified atom stereocenters. The first-order valence-electron chi connectivity index (χ1n) is 4.99. The average Bonchev–Trinajstić information content (AvgIpc) is 2.33. The van der Waals surface area contributed by atoms with Gasteiger partial charge in [0.1, 0.15) is 5.82 Å². The maximum atomic E-state index is 8.60. The summed E-state index contributed by atoms with van der Waals surface area (Å²) in [5.74, 6) is 0.433. The zero-order chi connectivity index (χ0) is 11.4. The lowest BCUT2D eigenvalue weighted by molar-refractivity contribution is 1.20. The van der Waals surface area contributed by atoms with Crippen LogP contribution < -0.4 is 5.73 Å². The Labute approximate surface area is 94.2 Å². The SMILES string of the molecule is N#CCc1ccc(-c2ccccc2)nc1N. The van der Waals surface area contributed by atoms with Crippen LogP contribution in [0.4, 0.5) is 5.82 Å². The van der Waals surface area contributed by atoms with Gasteiger partial charge in [0.2, 0.25) is 0 Å². The third-order valence-corrected chi connectivity index (χ3v) is 2.35. The number of hydrogen-bond acceptors (Lipinski definition) is 3. The fourth-order valence-electron chi connectivity index (χ4n) is 1.51. The van der Waals surface area contributed by atoms with Gasteiger partial charge in [0.25, 0.3) is 0 Å². The summed E-state index contributed by atoms with van der Waals surface area (Å²) in [6.45, 7) is 0. The van der Waals surface area contributed by atoms with Crippen LogP contribution in [0.25, 0.3) is 11.3 Å². The molecule has 0 fully saturated rings. The first-order chi connectivity index (χ1) is 7.81. The second-order valence-corrected chi connectivity index (χ2v) is 3.44. The van der Waals surface area contributed by atoms with E-state index >= 15 is 0 Å². The van der Waals surface area contributed by atoms with Gasteiger partial charge in [-0.25, -0.2) is 4.98 Å². The molecule has 0 aliphatic heterocycles. The summed E-state index contributed by atoms with van der Waals surface area (Å²) in [4.78, 5) is 4.29. The fourth-order valence-corrected chi connectivity index (χ4v) is 1.51. The van der Waals surface area contributed by atoms with Crippen LogP contribution in [0, 0.1) is 11.3 Å². The minimum Gasteiger partial charge on any atom is -0.383 e. The number of rotatable bonds is 2. The lowest BCUT2D eigenvalue weighted by atomic mass is 10.1. The topological polar surface area (TPSA) is 62.7 Å². The van der Waals surface area contributed by atoms with Crippen molar-refractivity contribution in [1.29, 1.82) is 5.26 Å². The largest absolute Gasteiger partial charge is 0.383 e. The van der Waals surface area contributed by atoms with Crippen molar-refractivity contribution in [2.75, 3.05) is 5.73 Å². The lowest BCUT2D eigenvalue weighted by Gasteiger charge is -2.04. The van der Waals surface area contributed by atoms with Gasteiger partial charge in [-0.2, -0.15) is 5.26 Å². The number of nitriles is 1. The number of anilines is 1. The Balaban J connectivity index is 2.39. The van der Waals surface area contributed by atoms with Crippen molar-refractivity contribution in [3.8, 4) is 17.3 Å². The second kappa shape index (κ2) is 4.45. The van der Waals surface area contributed by atoms with Crippen molar-refractivity contribution in [1.82, 2.24) is 4.98 Å². The van der Waals surface area contributed by atoms with Crippen LogP contribution in [0.1, 0.15) is 5.56 Å². The summed E-state index contributed by atoms with van der Waals surface area (Å²) in [5, 5.41) is 8.60. The Morgan fingerprint density at radius 1 is 1.12 bits per heavy atom. The summed E-state index contributed by atoms with van der Waals surface area (Å²) in [7, 11) is 0. The van der Waals surface area contributed by atoms with E-state index in [9.17, 15) is 0 Å². The minimum atomic E-state index is 0.300. The Bertz CT molecular complexity index is 527. The molecule has 0 atom stereocenters. The van der Waals surface area contributed by atoms with Crippen LogP contribution in [0.2, 0.25) is 0 Å². The van der Waals surface area contributed by atoms with Crippen molar-refractivity contribution >= 4 is 5.82 Å². The van der Waals surface area contributed by atoms with E-state index in [0.717, 1.165) is 16.8 Å². The standard InChI is InChI=1S/C13H11N3/c14-9-8-11-6-7-12(16-13(11)15)10-4-2-1-3-5-10/h1-7H,8H2,(H2,15,16). The van der Waals surface area contributed by atoms with E-state index < -0.39 is 0 Å². The van der Waals surface area contributed by atoms with Gasteiger partial charge in [0.05, 0.1) is 18.2 Å². The van der Waals surface area contributed by atoms with Crippen LogP contribution in [0.15, 0.2) is 42.5 Å². The molecule has 0 radical (unpaired) electrons. The van der Waals surface area contributed by atoms with Crippen molar-refractivity contribution < 1.29 is 0 Å². The molecule has 0 saturated carbocycles. The third kappa shape index (κ3) is 2.01. The van der Waals surface area contributed by atoms with Crippen molar-refractivity contribution in [3.05, 3.63) is 48.0 Å². The summed E-state index contributed by atoms with van der Waals surface area (Å²) >= 11 is 0. The number of hydrogen-bond donors (Lipinski definition) is 1. The van der Waals surface area contributed by atoms with E-state index in [-0.39, 0.29) is 0 Å². The summed E-state index contributed by atoms with van der Waals surface area (Å²) in [6, 6.07) is 15.6. The Hall–Kier alpha value is -2.34. The van der Waals surface area contributed by atoms with E-state index in [2.05, 4.69) is 11.1 Å². The molecule has 1 heterocycles. The number of nitrogen functional groups attached to an aromatic ring is 1. The van der Waals surface area contributed by atoms with E-state index in [1.807, 2.05) is 42.5 Å². The predicted molar refractivity (Wildman–Crippen MR) is 63.4 cm³/mol. The van der Waals surface area contributed by atoms with Crippen LogP contribution in [-0.2, 0) is 6.42 Å². The number of benzene rings is 1. The molecule has 2 aromatic rings. The number of aromatic nitrogens is 1. The van der Waals surface area contributed by atoms with Gasteiger partial charge in [0.15, 0.2) is 0 Å². The van der Waals surface area contributed by atoms with Crippen LogP contribution >= 0.6 is 0 Å².